The molecule has 3 nitrogen and oxygen atoms in total. The molecule has 0 radical (unpaired) electrons. The zero-order valence-electron chi connectivity index (χ0n) is 38.8. The van der Waals surface area contributed by atoms with Crippen molar-refractivity contribution < 1.29 is 4.42 Å². The summed E-state index contributed by atoms with van der Waals surface area (Å²) in [7, 11) is 0. The van der Waals surface area contributed by atoms with Gasteiger partial charge in [0.1, 0.15) is 5.58 Å². The van der Waals surface area contributed by atoms with Crippen molar-refractivity contribution in [2.24, 2.45) is 0 Å². The smallest absolute Gasteiger partial charge is 0.333 e. The Kier molecular flexibility index (Phi) is 8.60. The lowest BCUT2D eigenvalue weighted by atomic mass is 9.43. The molecule has 2 aliphatic rings. The Morgan fingerprint density at radius 2 is 1.08 bits per heavy atom. The van der Waals surface area contributed by atoms with Gasteiger partial charge >= 0.3 is 6.85 Å². The number of thiophene rings is 1. The number of hydrogen-bond donors (Lipinski definition) is 0. The highest BCUT2D eigenvalue weighted by Gasteiger charge is 2.47. The number of rotatable bonds is 3. The molecule has 2 aromatic heterocycles. The average molecular weight is 861 g/mol. The van der Waals surface area contributed by atoms with Crippen molar-refractivity contribution >= 4 is 99.7 Å². The topological polar surface area (TPSA) is 19.6 Å². The second-order valence-electron chi connectivity index (χ2n) is 21.4. The van der Waals surface area contributed by atoms with Crippen LogP contribution in [0.3, 0.4) is 0 Å². The monoisotopic (exact) mass is 860 g/mol. The fraction of sp³-hybridized carbons (Fsp3) is 0.200. The van der Waals surface area contributed by atoms with Gasteiger partial charge in [0, 0.05) is 59.1 Å². The Morgan fingerprint density at radius 3 is 1.80 bits per heavy atom. The Hall–Kier alpha value is -6.56. The van der Waals surface area contributed by atoms with E-state index in [1.807, 2.05) is 11.3 Å². The standard InChI is InChI=1S/C60H53BN2OS/c1-58(2,3)37-23-27-40(28-24-37)63-51-35-54-45(42-20-14-16-22-53(42)65-54)33-44(51)46-34-47-41-19-13-15-21-52(41)64-57(47)56-55(46)61(63)48-32-39(60(7,8)9)26-30-50(48)62(56)49-29-25-38(59(4,5)6)31-43(49)36-17-11-10-12-18-36/h10-35H,1-9H3. The van der Waals surface area contributed by atoms with Gasteiger partial charge in [0.2, 0.25) is 0 Å². The van der Waals surface area contributed by atoms with Crippen molar-refractivity contribution in [1.82, 2.24) is 0 Å². The molecular formula is C60H53BN2OS. The van der Waals surface area contributed by atoms with Gasteiger partial charge in [-0.25, -0.2) is 0 Å². The van der Waals surface area contributed by atoms with E-state index < -0.39 is 0 Å². The van der Waals surface area contributed by atoms with E-state index in [2.05, 4.69) is 230 Å². The predicted molar refractivity (Wildman–Crippen MR) is 282 cm³/mol. The highest BCUT2D eigenvalue weighted by atomic mass is 32.1. The fourth-order valence-electron chi connectivity index (χ4n) is 10.6. The molecule has 4 heterocycles. The zero-order valence-corrected chi connectivity index (χ0v) is 39.6. The minimum absolute atomic E-state index is 0.0206. The van der Waals surface area contributed by atoms with Crippen LogP contribution >= 0.6 is 11.3 Å². The van der Waals surface area contributed by atoms with E-state index in [1.54, 1.807) is 0 Å². The molecule has 318 valence electrons. The largest absolute Gasteiger partial charge is 0.454 e. The molecule has 0 bridgehead atoms. The van der Waals surface area contributed by atoms with Gasteiger partial charge in [0.25, 0.3) is 0 Å². The maximum Gasteiger partial charge on any atom is 0.333 e. The minimum Gasteiger partial charge on any atom is -0.454 e. The van der Waals surface area contributed by atoms with E-state index in [4.69, 9.17) is 4.42 Å². The Bertz CT molecular complexity index is 3560. The summed E-state index contributed by atoms with van der Waals surface area (Å²) < 4.78 is 9.84. The van der Waals surface area contributed by atoms with Gasteiger partial charge in [-0.05, 0) is 116 Å². The van der Waals surface area contributed by atoms with E-state index >= 15 is 0 Å². The third kappa shape index (κ3) is 6.15. The van der Waals surface area contributed by atoms with Crippen LogP contribution in [-0.2, 0) is 16.2 Å². The second kappa shape index (κ2) is 14.0. The molecule has 0 atom stereocenters. The van der Waals surface area contributed by atoms with Gasteiger partial charge in [-0.3, -0.25) is 0 Å². The van der Waals surface area contributed by atoms with Crippen molar-refractivity contribution in [3.05, 3.63) is 174 Å². The molecule has 5 heteroatoms. The molecule has 0 amide bonds. The number of nitrogens with zero attached hydrogens (tertiary/aromatic N) is 2. The Morgan fingerprint density at radius 1 is 0.462 bits per heavy atom. The van der Waals surface area contributed by atoms with Gasteiger partial charge in [-0.15, -0.1) is 11.3 Å². The molecule has 8 aromatic carbocycles. The Balaban J connectivity index is 1.27. The molecule has 65 heavy (non-hydrogen) atoms. The number of anilines is 5. The number of benzene rings is 8. The molecule has 0 spiro atoms. The predicted octanol–water partition coefficient (Wildman–Crippen LogP) is 16.2. The van der Waals surface area contributed by atoms with E-state index in [-0.39, 0.29) is 23.1 Å². The van der Waals surface area contributed by atoms with Crippen molar-refractivity contribution in [2.75, 3.05) is 9.71 Å². The molecule has 12 rings (SSSR count). The molecule has 0 unspecified atom stereocenters. The highest BCUT2D eigenvalue weighted by Crippen LogP contribution is 2.54. The molecule has 10 aromatic rings. The summed E-state index contributed by atoms with van der Waals surface area (Å²) >= 11 is 1.89. The van der Waals surface area contributed by atoms with Crippen LogP contribution in [0.1, 0.15) is 79.0 Å². The maximum absolute atomic E-state index is 7.23. The summed E-state index contributed by atoms with van der Waals surface area (Å²) in [4.78, 5) is 5.23. The molecule has 0 aliphatic carbocycles. The van der Waals surface area contributed by atoms with Gasteiger partial charge < -0.3 is 14.1 Å². The van der Waals surface area contributed by atoms with Crippen molar-refractivity contribution in [1.29, 1.82) is 0 Å². The van der Waals surface area contributed by atoms with Gasteiger partial charge in [-0.2, -0.15) is 0 Å². The fourth-order valence-corrected chi connectivity index (χ4v) is 11.7. The van der Waals surface area contributed by atoms with Crippen LogP contribution < -0.4 is 20.6 Å². The minimum atomic E-state index is -0.167. The molecular weight excluding hydrogens is 808 g/mol. The first-order valence-electron chi connectivity index (χ1n) is 23.1. The number of para-hydroxylation sites is 1. The summed E-state index contributed by atoms with van der Waals surface area (Å²) in [5, 5.41) is 4.85. The first-order valence-corrected chi connectivity index (χ1v) is 23.9. The Labute approximate surface area is 387 Å². The lowest BCUT2D eigenvalue weighted by Crippen LogP contribution is -2.61. The van der Waals surface area contributed by atoms with E-state index in [1.165, 1.54) is 81.4 Å². The number of furan rings is 1. The third-order valence-corrected chi connectivity index (χ3v) is 15.2. The highest BCUT2D eigenvalue weighted by molar-refractivity contribution is 7.25. The molecule has 0 saturated heterocycles. The van der Waals surface area contributed by atoms with Crippen LogP contribution in [0.25, 0.3) is 64.4 Å². The zero-order chi connectivity index (χ0) is 44.7. The second-order valence-corrected chi connectivity index (χ2v) is 22.5. The van der Waals surface area contributed by atoms with Gasteiger partial charge in [0.15, 0.2) is 5.58 Å². The van der Waals surface area contributed by atoms with Crippen LogP contribution in [-0.4, -0.2) is 6.85 Å². The SMILES string of the molecule is CC(C)(C)c1ccc(N2B3c4cc(C(C)(C)C)ccc4N(c4ccc(C(C)(C)C)cc4-c4ccccc4)c4c3c(cc3c4oc4ccccc43)-c3cc4c(cc32)sc2ccccc24)cc1. The van der Waals surface area contributed by atoms with Crippen molar-refractivity contribution in [2.45, 2.75) is 78.6 Å². The number of hydrogen-bond acceptors (Lipinski definition) is 4. The first-order chi connectivity index (χ1) is 31.1. The van der Waals surface area contributed by atoms with Crippen molar-refractivity contribution in [3.8, 4) is 22.3 Å². The van der Waals surface area contributed by atoms with Crippen LogP contribution in [0.15, 0.2) is 162 Å². The van der Waals surface area contributed by atoms with E-state index in [0.717, 1.165) is 39.0 Å². The quantitative estimate of drug-likeness (QED) is 0.165. The molecule has 0 N–H and O–H groups in total. The average Bonchev–Trinajstić information content (AvgIpc) is 3.85. The third-order valence-electron chi connectivity index (χ3n) is 14.1. The normalized spacial score (nSPS) is 13.8. The molecule has 0 saturated carbocycles. The van der Waals surface area contributed by atoms with Gasteiger partial charge in [-0.1, -0.05) is 159 Å². The molecule has 2 aliphatic heterocycles. The van der Waals surface area contributed by atoms with Crippen LogP contribution in [0.4, 0.5) is 28.4 Å². The summed E-state index contributed by atoms with van der Waals surface area (Å²) in [6.07, 6.45) is 0. The summed E-state index contributed by atoms with van der Waals surface area (Å²) in [5.41, 5.74) is 18.9. The first kappa shape index (κ1) is 40.0. The van der Waals surface area contributed by atoms with Crippen LogP contribution in [0, 0.1) is 0 Å². The lowest BCUT2D eigenvalue weighted by Gasteiger charge is -2.46. The van der Waals surface area contributed by atoms with Crippen LogP contribution in [0.2, 0.25) is 0 Å². The summed E-state index contributed by atoms with van der Waals surface area (Å²) in [5.74, 6) is 0. The maximum atomic E-state index is 7.23. The van der Waals surface area contributed by atoms with Crippen molar-refractivity contribution in [3.63, 3.8) is 0 Å². The van der Waals surface area contributed by atoms with Crippen LogP contribution in [0.5, 0.6) is 0 Å². The van der Waals surface area contributed by atoms with E-state index in [9.17, 15) is 0 Å². The van der Waals surface area contributed by atoms with Gasteiger partial charge in [0.05, 0.1) is 11.4 Å². The number of fused-ring (bicyclic) bond motifs is 11. The summed E-state index contributed by atoms with van der Waals surface area (Å²) in [6.45, 7) is 20.7. The van der Waals surface area contributed by atoms with E-state index in [0.29, 0.717) is 0 Å². The summed E-state index contributed by atoms with van der Waals surface area (Å²) in [6, 6.07) is 59.7. The lowest BCUT2D eigenvalue weighted by molar-refractivity contribution is 0.590. The molecule has 0 fully saturated rings.